The Morgan fingerprint density at radius 1 is 1.52 bits per heavy atom. The van der Waals surface area contributed by atoms with Crippen molar-refractivity contribution in [1.29, 1.82) is 0 Å². The van der Waals surface area contributed by atoms with Crippen LogP contribution in [0.2, 0.25) is 0 Å². The number of amides is 1. The van der Waals surface area contributed by atoms with E-state index < -0.39 is 0 Å². The fourth-order valence-corrected chi connectivity index (χ4v) is 2.60. The predicted molar refractivity (Wildman–Crippen MR) is 83.3 cm³/mol. The van der Waals surface area contributed by atoms with Gasteiger partial charge in [0.1, 0.15) is 18.1 Å². The van der Waals surface area contributed by atoms with E-state index in [-0.39, 0.29) is 11.8 Å². The Bertz CT molecular complexity index is 657. The summed E-state index contributed by atoms with van der Waals surface area (Å²) in [4.78, 5) is 12.2. The number of aromatic nitrogens is 3. The lowest BCUT2D eigenvalue weighted by Gasteiger charge is -2.25. The largest absolute Gasteiger partial charge is 0.497 e. The highest BCUT2D eigenvalue weighted by molar-refractivity contribution is 5.79. The molecule has 2 aromatic rings. The van der Waals surface area contributed by atoms with E-state index in [1.165, 1.54) is 0 Å². The van der Waals surface area contributed by atoms with Crippen LogP contribution in [-0.4, -0.2) is 41.2 Å². The first-order chi connectivity index (χ1) is 11.3. The Morgan fingerprint density at radius 3 is 3.22 bits per heavy atom. The smallest absolute Gasteiger partial charge is 0.226 e. The third-order valence-electron chi connectivity index (χ3n) is 3.89. The number of hydrogen-bond donors (Lipinski definition) is 1. The summed E-state index contributed by atoms with van der Waals surface area (Å²) in [6, 6.07) is 5.71. The first kappa shape index (κ1) is 15.3. The number of hydrogen-bond acceptors (Lipinski definition) is 5. The highest BCUT2D eigenvalue weighted by Gasteiger charge is 2.26. The van der Waals surface area contributed by atoms with Crippen LogP contribution >= 0.6 is 0 Å². The van der Waals surface area contributed by atoms with Crippen LogP contribution in [0.15, 0.2) is 30.6 Å². The maximum atomic E-state index is 12.2. The molecule has 0 saturated carbocycles. The van der Waals surface area contributed by atoms with Crippen LogP contribution in [0.3, 0.4) is 0 Å². The van der Waals surface area contributed by atoms with Gasteiger partial charge in [-0.15, -0.1) is 5.10 Å². The molecule has 1 aliphatic heterocycles. The molecule has 1 amide bonds. The number of benzene rings is 1. The monoisotopic (exact) mass is 316 g/mol. The number of methoxy groups -OCH3 is 1. The molecule has 122 valence electrons. The summed E-state index contributed by atoms with van der Waals surface area (Å²) in [5.41, 5.74) is 1.04. The fraction of sp³-hybridized carbons (Fsp3) is 0.438. The van der Waals surface area contributed by atoms with Crippen LogP contribution in [0, 0.1) is 5.92 Å². The van der Waals surface area contributed by atoms with Crippen molar-refractivity contribution < 1.29 is 14.3 Å². The van der Waals surface area contributed by atoms with Crippen LogP contribution in [0.4, 0.5) is 0 Å². The summed E-state index contributed by atoms with van der Waals surface area (Å²) in [5.74, 6) is 1.45. The number of aryl methyl sites for hydroxylation is 1. The molecule has 1 aliphatic rings. The van der Waals surface area contributed by atoms with E-state index in [1.807, 2.05) is 24.4 Å². The van der Waals surface area contributed by atoms with Crippen LogP contribution in [0.1, 0.15) is 12.0 Å². The van der Waals surface area contributed by atoms with Crippen molar-refractivity contribution in [3.8, 4) is 11.5 Å². The molecule has 0 unspecified atom stereocenters. The Hall–Kier alpha value is -2.57. The second kappa shape index (κ2) is 7.13. The molecule has 1 atom stereocenters. The molecule has 1 aromatic heterocycles. The third kappa shape index (κ3) is 3.80. The van der Waals surface area contributed by atoms with Gasteiger partial charge in [-0.1, -0.05) is 11.3 Å². The topological polar surface area (TPSA) is 78.3 Å². The first-order valence-electron chi connectivity index (χ1n) is 7.68. The summed E-state index contributed by atoms with van der Waals surface area (Å²) >= 11 is 0. The zero-order valence-electron chi connectivity index (χ0n) is 13.1. The number of nitrogens with zero attached hydrogens (tertiary/aromatic N) is 3. The number of ether oxygens (including phenoxy) is 2. The average Bonchev–Trinajstić information content (AvgIpc) is 3.11. The summed E-state index contributed by atoms with van der Waals surface area (Å²) in [6.07, 6.45) is 4.96. The minimum Gasteiger partial charge on any atom is -0.497 e. The van der Waals surface area contributed by atoms with Gasteiger partial charge < -0.3 is 14.8 Å². The number of fused-ring (bicyclic) bond motifs is 1. The highest BCUT2D eigenvalue weighted by Crippen LogP contribution is 2.30. The van der Waals surface area contributed by atoms with Crippen LogP contribution in [0.25, 0.3) is 0 Å². The normalized spacial score (nSPS) is 16.3. The molecule has 2 heterocycles. The maximum Gasteiger partial charge on any atom is 0.226 e. The van der Waals surface area contributed by atoms with Gasteiger partial charge in [0.25, 0.3) is 0 Å². The molecule has 7 heteroatoms. The van der Waals surface area contributed by atoms with E-state index in [0.717, 1.165) is 30.0 Å². The second-order valence-corrected chi connectivity index (χ2v) is 5.50. The van der Waals surface area contributed by atoms with Crippen molar-refractivity contribution in [2.75, 3.05) is 20.3 Å². The molecule has 1 aromatic carbocycles. The lowest BCUT2D eigenvalue weighted by Crippen LogP contribution is -2.38. The van der Waals surface area contributed by atoms with Crippen molar-refractivity contribution in [3.63, 3.8) is 0 Å². The Kier molecular flexibility index (Phi) is 4.75. The second-order valence-electron chi connectivity index (χ2n) is 5.50. The van der Waals surface area contributed by atoms with Gasteiger partial charge in [0.05, 0.1) is 19.2 Å². The van der Waals surface area contributed by atoms with Crippen molar-refractivity contribution in [1.82, 2.24) is 20.3 Å². The van der Waals surface area contributed by atoms with Crippen molar-refractivity contribution in [2.24, 2.45) is 5.92 Å². The molecule has 0 saturated heterocycles. The SMILES string of the molecule is COc1ccc2c(c1)OC[C@@H](C(=O)NCCCn1ccnn1)C2. The lowest BCUT2D eigenvalue weighted by atomic mass is 9.96. The average molecular weight is 316 g/mol. The van der Waals surface area contributed by atoms with Gasteiger partial charge in [0.15, 0.2) is 0 Å². The molecule has 3 rings (SSSR count). The molecule has 0 spiro atoms. The quantitative estimate of drug-likeness (QED) is 0.806. The van der Waals surface area contributed by atoms with E-state index in [4.69, 9.17) is 9.47 Å². The van der Waals surface area contributed by atoms with Gasteiger partial charge in [-0.2, -0.15) is 0 Å². The van der Waals surface area contributed by atoms with Gasteiger partial charge in [-0.05, 0) is 24.5 Å². The highest BCUT2D eigenvalue weighted by atomic mass is 16.5. The van der Waals surface area contributed by atoms with E-state index in [0.29, 0.717) is 19.6 Å². The van der Waals surface area contributed by atoms with E-state index in [2.05, 4.69) is 15.6 Å². The molecule has 0 radical (unpaired) electrons. The molecule has 0 fully saturated rings. The minimum atomic E-state index is -0.151. The van der Waals surface area contributed by atoms with Gasteiger partial charge in [0.2, 0.25) is 5.91 Å². The summed E-state index contributed by atoms with van der Waals surface area (Å²) in [6.45, 7) is 1.75. The molecule has 0 aliphatic carbocycles. The third-order valence-corrected chi connectivity index (χ3v) is 3.89. The number of rotatable bonds is 6. The molecule has 0 bridgehead atoms. The summed E-state index contributed by atoms with van der Waals surface area (Å²) in [7, 11) is 1.63. The molecule has 1 N–H and O–H groups in total. The van der Waals surface area contributed by atoms with E-state index in [1.54, 1.807) is 18.0 Å². The Morgan fingerprint density at radius 2 is 2.43 bits per heavy atom. The molecular formula is C16H20N4O3. The zero-order chi connectivity index (χ0) is 16.1. The van der Waals surface area contributed by atoms with Gasteiger partial charge >= 0.3 is 0 Å². The standard InChI is InChI=1S/C16H20N4O3/c1-22-14-4-3-12-9-13(11-23-15(12)10-14)16(21)17-5-2-7-20-8-6-18-19-20/h3-4,6,8,10,13H,2,5,7,9,11H2,1H3,(H,17,21)/t13-/m0/s1. The zero-order valence-corrected chi connectivity index (χ0v) is 13.1. The van der Waals surface area contributed by atoms with Crippen LogP contribution < -0.4 is 14.8 Å². The van der Waals surface area contributed by atoms with E-state index >= 15 is 0 Å². The van der Waals surface area contributed by atoms with Crippen LogP contribution in [-0.2, 0) is 17.8 Å². The number of carbonyl (C=O) groups is 1. The van der Waals surface area contributed by atoms with Gasteiger partial charge in [-0.25, -0.2) is 0 Å². The maximum absolute atomic E-state index is 12.2. The predicted octanol–water partition coefficient (Wildman–Crippen LogP) is 1.04. The van der Waals surface area contributed by atoms with Gasteiger partial charge in [-0.3, -0.25) is 9.48 Å². The molecular weight excluding hydrogens is 296 g/mol. The molecule has 23 heavy (non-hydrogen) atoms. The van der Waals surface area contributed by atoms with Crippen molar-refractivity contribution >= 4 is 5.91 Å². The van der Waals surface area contributed by atoms with Crippen LogP contribution in [0.5, 0.6) is 11.5 Å². The fourth-order valence-electron chi connectivity index (χ4n) is 2.60. The van der Waals surface area contributed by atoms with Gasteiger partial charge in [0, 0.05) is 25.4 Å². The lowest BCUT2D eigenvalue weighted by molar-refractivity contribution is -0.126. The van der Waals surface area contributed by atoms with Crippen molar-refractivity contribution in [3.05, 3.63) is 36.2 Å². The molecule has 7 nitrogen and oxygen atoms in total. The summed E-state index contributed by atoms with van der Waals surface area (Å²) < 4.78 is 12.6. The Balaban J connectivity index is 1.47. The number of nitrogens with one attached hydrogen (secondary N) is 1. The van der Waals surface area contributed by atoms with Crippen molar-refractivity contribution in [2.45, 2.75) is 19.4 Å². The Labute approximate surface area is 134 Å². The minimum absolute atomic E-state index is 0.0325. The summed E-state index contributed by atoms with van der Waals surface area (Å²) in [5, 5.41) is 10.6. The van der Waals surface area contributed by atoms with E-state index in [9.17, 15) is 4.79 Å². The first-order valence-corrected chi connectivity index (χ1v) is 7.68. The number of carbonyl (C=O) groups excluding carboxylic acids is 1.